The number of nitrogens with one attached hydrogen (secondary N) is 2. The average molecular weight is 446 g/mol. The molecule has 30 heavy (non-hydrogen) atoms. The third-order valence-electron chi connectivity index (χ3n) is 4.66. The van der Waals surface area contributed by atoms with E-state index in [0.29, 0.717) is 17.1 Å². The van der Waals surface area contributed by atoms with Gasteiger partial charge in [-0.3, -0.25) is 9.52 Å². The Morgan fingerprint density at radius 1 is 1.20 bits per heavy atom. The third-order valence-corrected chi connectivity index (χ3v) is 6.34. The molecule has 0 bridgehead atoms. The highest BCUT2D eigenvalue weighted by Gasteiger charge is 2.20. The number of hydrogen-bond acceptors (Lipinski definition) is 4. The minimum absolute atomic E-state index is 0.140. The lowest BCUT2D eigenvalue weighted by molar-refractivity contribution is 0.103. The van der Waals surface area contributed by atoms with E-state index in [-0.39, 0.29) is 22.6 Å². The Kier molecular flexibility index (Phi) is 5.21. The molecule has 0 unspecified atom stereocenters. The maximum absolute atomic E-state index is 15.0. The number of aromatic nitrogens is 2. The van der Waals surface area contributed by atoms with E-state index in [0.717, 1.165) is 16.3 Å². The number of rotatable bonds is 6. The largest absolute Gasteiger partial charge is 0.339 e. The fourth-order valence-corrected chi connectivity index (χ4v) is 4.61. The van der Waals surface area contributed by atoms with Crippen molar-refractivity contribution in [2.75, 3.05) is 10.5 Å². The number of aromatic amines is 1. The second-order valence-corrected chi connectivity index (χ2v) is 9.13. The molecule has 0 saturated carbocycles. The SMILES string of the molecule is CCCS(=O)(=O)Nc1cccc(C(=O)c2ccc3[nH]c4ncc(Cl)cc4c3c2)c1F. The summed E-state index contributed by atoms with van der Waals surface area (Å²) in [5.41, 5.74) is 1.17. The van der Waals surface area contributed by atoms with Crippen molar-refractivity contribution < 1.29 is 17.6 Å². The normalized spacial score (nSPS) is 11.8. The van der Waals surface area contributed by atoms with E-state index in [1.165, 1.54) is 24.4 Å². The van der Waals surface area contributed by atoms with Gasteiger partial charge in [0.1, 0.15) is 5.65 Å². The van der Waals surface area contributed by atoms with Crippen molar-refractivity contribution in [3.8, 4) is 0 Å². The molecule has 9 heteroatoms. The number of ketones is 1. The number of benzene rings is 2. The zero-order valence-corrected chi connectivity index (χ0v) is 17.4. The Morgan fingerprint density at radius 2 is 2.00 bits per heavy atom. The van der Waals surface area contributed by atoms with Crippen LogP contribution in [0.3, 0.4) is 0 Å². The van der Waals surface area contributed by atoms with Crippen molar-refractivity contribution in [3.63, 3.8) is 0 Å². The minimum atomic E-state index is -3.69. The zero-order valence-electron chi connectivity index (χ0n) is 15.9. The third kappa shape index (κ3) is 3.76. The molecule has 0 aliphatic rings. The van der Waals surface area contributed by atoms with Gasteiger partial charge in [0, 0.05) is 28.0 Å². The molecule has 0 fully saturated rings. The number of sulfonamides is 1. The Hall–Kier alpha value is -2.97. The number of carbonyl (C=O) groups is 1. The molecule has 4 aromatic rings. The molecule has 2 heterocycles. The Morgan fingerprint density at radius 3 is 2.77 bits per heavy atom. The first-order valence-electron chi connectivity index (χ1n) is 9.20. The van der Waals surface area contributed by atoms with Gasteiger partial charge in [0.05, 0.1) is 22.0 Å². The second-order valence-electron chi connectivity index (χ2n) is 6.85. The fraction of sp³-hybridized carbons (Fsp3) is 0.143. The van der Waals surface area contributed by atoms with Gasteiger partial charge in [-0.1, -0.05) is 24.6 Å². The van der Waals surface area contributed by atoms with Gasteiger partial charge < -0.3 is 4.98 Å². The summed E-state index contributed by atoms with van der Waals surface area (Å²) in [4.78, 5) is 20.4. The molecule has 0 amide bonds. The van der Waals surface area contributed by atoms with Gasteiger partial charge in [-0.15, -0.1) is 0 Å². The number of pyridine rings is 1. The van der Waals surface area contributed by atoms with Crippen LogP contribution < -0.4 is 4.72 Å². The molecule has 0 saturated heterocycles. The van der Waals surface area contributed by atoms with Crippen molar-refractivity contribution >= 4 is 55.0 Å². The van der Waals surface area contributed by atoms with E-state index in [1.807, 2.05) is 0 Å². The predicted molar refractivity (Wildman–Crippen MR) is 116 cm³/mol. The maximum Gasteiger partial charge on any atom is 0.232 e. The summed E-state index contributed by atoms with van der Waals surface area (Å²) in [5, 5.41) is 1.93. The van der Waals surface area contributed by atoms with E-state index in [4.69, 9.17) is 11.6 Å². The van der Waals surface area contributed by atoms with Gasteiger partial charge in [0.2, 0.25) is 10.0 Å². The van der Waals surface area contributed by atoms with Crippen molar-refractivity contribution in [3.05, 3.63) is 70.6 Å². The first kappa shape index (κ1) is 20.3. The van der Waals surface area contributed by atoms with Gasteiger partial charge in [-0.05, 0) is 42.8 Å². The van der Waals surface area contributed by atoms with Crippen LogP contribution in [0.4, 0.5) is 10.1 Å². The molecule has 4 rings (SSSR count). The molecular formula is C21H17ClFN3O3S. The summed E-state index contributed by atoms with van der Waals surface area (Å²) < 4.78 is 41.1. The van der Waals surface area contributed by atoms with E-state index in [1.54, 1.807) is 31.2 Å². The topological polar surface area (TPSA) is 91.9 Å². The average Bonchev–Trinajstić information content (AvgIpc) is 3.06. The van der Waals surface area contributed by atoms with Crippen LogP contribution in [-0.4, -0.2) is 29.9 Å². The van der Waals surface area contributed by atoms with Gasteiger partial charge in [0.25, 0.3) is 0 Å². The Labute approximate surface area is 177 Å². The number of anilines is 1. The van der Waals surface area contributed by atoms with Crippen molar-refractivity contribution in [2.24, 2.45) is 0 Å². The van der Waals surface area contributed by atoms with Gasteiger partial charge in [-0.25, -0.2) is 17.8 Å². The Bertz CT molecular complexity index is 1400. The van der Waals surface area contributed by atoms with Crippen LogP contribution in [0.25, 0.3) is 21.9 Å². The molecule has 0 spiro atoms. The maximum atomic E-state index is 15.0. The summed E-state index contributed by atoms with van der Waals surface area (Å²) >= 11 is 6.04. The summed E-state index contributed by atoms with van der Waals surface area (Å²) in [5.74, 6) is -1.61. The Balaban J connectivity index is 1.76. The molecular weight excluding hydrogens is 429 g/mol. The quantitative estimate of drug-likeness (QED) is 0.413. The van der Waals surface area contributed by atoms with E-state index in [2.05, 4.69) is 14.7 Å². The number of carbonyl (C=O) groups excluding carboxylic acids is 1. The minimum Gasteiger partial charge on any atom is -0.339 e. The van der Waals surface area contributed by atoms with Crippen LogP contribution in [0, 0.1) is 5.82 Å². The highest BCUT2D eigenvalue weighted by Crippen LogP contribution is 2.29. The number of hydrogen-bond donors (Lipinski definition) is 2. The highest BCUT2D eigenvalue weighted by molar-refractivity contribution is 7.92. The highest BCUT2D eigenvalue weighted by atomic mass is 35.5. The molecule has 0 radical (unpaired) electrons. The number of H-pyrrole nitrogens is 1. The second kappa shape index (κ2) is 7.70. The molecule has 2 N–H and O–H groups in total. The summed E-state index contributed by atoms with van der Waals surface area (Å²) in [7, 11) is -3.69. The van der Waals surface area contributed by atoms with Gasteiger partial charge >= 0.3 is 0 Å². The lowest BCUT2D eigenvalue weighted by Crippen LogP contribution is -2.18. The van der Waals surface area contributed by atoms with Crippen molar-refractivity contribution in [1.29, 1.82) is 0 Å². The summed E-state index contributed by atoms with van der Waals surface area (Å²) in [6.07, 6.45) is 1.91. The summed E-state index contributed by atoms with van der Waals surface area (Å²) in [6, 6.07) is 10.7. The van der Waals surface area contributed by atoms with Crippen LogP contribution in [0.2, 0.25) is 5.02 Å². The zero-order chi connectivity index (χ0) is 21.5. The lowest BCUT2D eigenvalue weighted by Gasteiger charge is -2.10. The number of nitrogens with zero attached hydrogens (tertiary/aromatic N) is 1. The molecule has 0 atom stereocenters. The molecule has 154 valence electrons. The van der Waals surface area contributed by atoms with Crippen LogP contribution in [-0.2, 0) is 10.0 Å². The number of fused-ring (bicyclic) bond motifs is 3. The monoisotopic (exact) mass is 445 g/mol. The standard InChI is InChI=1S/C21H17ClFN3O3S/c1-2-8-30(28,29)26-18-5-3-4-14(19(18)23)20(27)12-6-7-17-15(9-12)16-10-13(22)11-24-21(16)25-17/h3-7,9-11,26H,2,8H2,1H3,(H,24,25). The molecule has 6 nitrogen and oxygen atoms in total. The van der Waals surface area contributed by atoms with Crippen LogP contribution in [0.15, 0.2) is 48.7 Å². The first-order valence-corrected chi connectivity index (χ1v) is 11.2. The van der Waals surface area contributed by atoms with Crippen molar-refractivity contribution in [2.45, 2.75) is 13.3 Å². The van der Waals surface area contributed by atoms with E-state index < -0.39 is 21.6 Å². The molecule has 0 aliphatic heterocycles. The predicted octanol–water partition coefficient (Wildman–Crippen LogP) is 4.89. The van der Waals surface area contributed by atoms with Crippen LogP contribution in [0.5, 0.6) is 0 Å². The fourth-order valence-electron chi connectivity index (χ4n) is 3.32. The molecule has 2 aromatic heterocycles. The van der Waals surface area contributed by atoms with E-state index in [9.17, 15) is 17.6 Å². The first-order chi connectivity index (χ1) is 14.3. The van der Waals surface area contributed by atoms with Gasteiger partial charge in [-0.2, -0.15) is 0 Å². The number of halogens is 2. The van der Waals surface area contributed by atoms with E-state index >= 15 is 0 Å². The van der Waals surface area contributed by atoms with Crippen LogP contribution in [0.1, 0.15) is 29.3 Å². The van der Waals surface area contributed by atoms with Gasteiger partial charge in [0.15, 0.2) is 11.6 Å². The molecule has 2 aromatic carbocycles. The smallest absolute Gasteiger partial charge is 0.232 e. The molecule has 0 aliphatic carbocycles. The summed E-state index contributed by atoms with van der Waals surface area (Å²) in [6.45, 7) is 1.71. The van der Waals surface area contributed by atoms with Crippen LogP contribution >= 0.6 is 11.6 Å². The lowest BCUT2D eigenvalue weighted by atomic mass is 10.0. The van der Waals surface area contributed by atoms with Crippen molar-refractivity contribution in [1.82, 2.24) is 9.97 Å².